The highest BCUT2D eigenvalue weighted by molar-refractivity contribution is 5.77. The van der Waals surface area contributed by atoms with E-state index >= 15 is 0 Å². The summed E-state index contributed by atoms with van der Waals surface area (Å²) in [6.45, 7) is 12.2. The fourth-order valence-corrected chi connectivity index (χ4v) is 2.74. The van der Waals surface area contributed by atoms with Crippen molar-refractivity contribution in [1.29, 1.82) is 0 Å². The van der Waals surface area contributed by atoms with Crippen LogP contribution in [0.5, 0.6) is 0 Å². The molecule has 0 heterocycles. The van der Waals surface area contributed by atoms with E-state index in [0.29, 0.717) is 19.8 Å². The molecule has 0 spiro atoms. The third-order valence-electron chi connectivity index (χ3n) is 4.64. The molecule has 0 rings (SSSR count). The van der Waals surface area contributed by atoms with Crippen molar-refractivity contribution < 1.29 is 23.8 Å². The summed E-state index contributed by atoms with van der Waals surface area (Å²) in [7, 11) is 0. The van der Waals surface area contributed by atoms with Crippen LogP contribution in [-0.4, -0.2) is 64.0 Å². The molecule has 0 saturated carbocycles. The Labute approximate surface area is 184 Å². The lowest BCUT2D eigenvalue weighted by atomic mass is 10.2. The van der Waals surface area contributed by atoms with E-state index in [4.69, 9.17) is 14.2 Å². The van der Waals surface area contributed by atoms with Gasteiger partial charge in [-0.15, -0.1) is 0 Å². The molecule has 0 radical (unpaired) electrons. The van der Waals surface area contributed by atoms with Gasteiger partial charge in [-0.1, -0.05) is 27.2 Å². The van der Waals surface area contributed by atoms with Gasteiger partial charge in [0.2, 0.25) is 11.8 Å². The van der Waals surface area contributed by atoms with Gasteiger partial charge in [0.1, 0.15) is 6.61 Å². The van der Waals surface area contributed by atoms with Crippen molar-refractivity contribution in [2.75, 3.05) is 46.1 Å². The summed E-state index contributed by atoms with van der Waals surface area (Å²) in [5.41, 5.74) is 0. The SMILES string of the molecule is CCCC(C)OCC(=O)NCCCCCOCCOCCCCCNC(=O)C(C)C. The van der Waals surface area contributed by atoms with Gasteiger partial charge in [-0.3, -0.25) is 9.59 Å². The second kappa shape index (κ2) is 21.1. The van der Waals surface area contributed by atoms with Crippen LogP contribution in [0.25, 0.3) is 0 Å². The first-order chi connectivity index (χ1) is 14.5. The maximum Gasteiger partial charge on any atom is 0.246 e. The van der Waals surface area contributed by atoms with Crippen LogP contribution in [0, 0.1) is 5.92 Å². The Hall–Kier alpha value is -1.18. The van der Waals surface area contributed by atoms with Crippen LogP contribution in [0.3, 0.4) is 0 Å². The van der Waals surface area contributed by atoms with Crippen molar-refractivity contribution in [3.8, 4) is 0 Å². The Morgan fingerprint density at radius 3 is 1.87 bits per heavy atom. The molecule has 0 aromatic carbocycles. The third kappa shape index (κ3) is 20.1. The molecule has 0 aromatic heterocycles. The van der Waals surface area contributed by atoms with Crippen LogP contribution in [-0.2, 0) is 23.8 Å². The van der Waals surface area contributed by atoms with Gasteiger partial charge < -0.3 is 24.8 Å². The highest BCUT2D eigenvalue weighted by atomic mass is 16.5. The van der Waals surface area contributed by atoms with Crippen molar-refractivity contribution in [1.82, 2.24) is 10.6 Å². The Morgan fingerprint density at radius 1 is 0.767 bits per heavy atom. The van der Waals surface area contributed by atoms with Crippen LogP contribution in [0.15, 0.2) is 0 Å². The number of carbonyl (C=O) groups is 2. The molecule has 0 aromatic rings. The lowest BCUT2D eigenvalue weighted by Crippen LogP contribution is -2.30. The minimum atomic E-state index is -0.0355. The second-order valence-corrected chi connectivity index (χ2v) is 8.05. The summed E-state index contributed by atoms with van der Waals surface area (Å²) in [5, 5.41) is 5.81. The largest absolute Gasteiger partial charge is 0.379 e. The molecular formula is C23H46N2O5. The number of rotatable bonds is 21. The minimum absolute atomic E-state index is 0.0355. The van der Waals surface area contributed by atoms with Gasteiger partial charge in [-0.05, 0) is 51.9 Å². The maximum atomic E-state index is 11.6. The van der Waals surface area contributed by atoms with E-state index in [0.717, 1.165) is 71.1 Å². The summed E-state index contributed by atoms with van der Waals surface area (Å²) in [4.78, 5) is 23.0. The zero-order chi connectivity index (χ0) is 22.5. The standard InChI is InChI=1S/C23H46N2O5/c1-5-12-21(4)30-19-22(26)24-13-8-6-10-15-28-17-18-29-16-11-7-9-14-25-23(27)20(2)3/h20-21H,5-19H2,1-4H3,(H,24,26)(H,25,27). The molecule has 2 amide bonds. The summed E-state index contributed by atoms with van der Waals surface area (Å²) in [6.07, 6.45) is 8.22. The number of carbonyl (C=O) groups excluding carboxylic acids is 2. The fraction of sp³-hybridized carbons (Fsp3) is 0.913. The number of amides is 2. The number of hydrogen-bond donors (Lipinski definition) is 2. The van der Waals surface area contributed by atoms with E-state index < -0.39 is 0 Å². The lowest BCUT2D eigenvalue weighted by molar-refractivity contribution is -0.127. The number of nitrogens with one attached hydrogen (secondary N) is 2. The molecule has 0 fully saturated rings. The number of hydrogen-bond acceptors (Lipinski definition) is 5. The van der Waals surface area contributed by atoms with E-state index in [9.17, 15) is 9.59 Å². The van der Waals surface area contributed by atoms with Crippen molar-refractivity contribution in [2.45, 2.75) is 85.2 Å². The zero-order valence-corrected chi connectivity index (χ0v) is 19.8. The molecule has 0 aliphatic rings. The summed E-state index contributed by atoms with van der Waals surface area (Å²) in [5.74, 6) is 0.139. The molecule has 178 valence electrons. The summed E-state index contributed by atoms with van der Waals surface area (Å²) in [6, 6.07) is 0. The van der Waals surface area contributed by atoms with Gasteiger partial charge in [-0.25, -0.2) is 0 Å². The number of ether oxygens (including phenoxy) is 3. The van der Waals surface area contributed by atoms with Gasteiger partial charge in [0.15, 0.2) is 0 Å². The molecule has 0 saturated heterocycles. The average molecular weight is 431 g/mol. The minimum Gasteiger partial charge on any atom is -0.379 e. The smallest absolute Gasteiger partial charge is 0.246 e. The zero-order valence-electron chi connectivity index (χ0n) is 19.8. The van der Waals surface area contributed by atoms with Gasteiger partial charge in [-0.2, -0.15) is 0 Å². The molecular weight excluding hydrogens is 384 g/mol. The van der Waals surface area contributed by atoms with E-state index in [1.807, 2.05) is 20.8 Å². The monoisotopic (exact) mass is 430 g/mol. The molecule has 0 aliphatic heterocycles. The maximum absolute atomic E-state index is 11.6. The van der Waals surface area contributed by atoms with Gasteiger partial charge >= 0.3 is 0 Å². The summed E-state index contributed by atoms with van der Waals surface area (Å²) >= 11 is 0. The molecule has 2 N–H and O–H groups in total. The van der Waals surface area contributed by atoms with Crippen molar-refractivity contribution >= 4 is 11.8 Å². The Balaban J connectivity index is 3.21. The predicted molar refractivity (Wildman–Crippen MR) is 121 cm³/mol. The fourth-order valence-electron chi connectivity index (χ4n) is 2.74. The van der Waals surface area contributed by atoms with Gasteiger partial charge in [0.25, 0.3) is 0 Å². The molecule has 0 aliphatic carbocycles. The first-order valence-electron chi connectivity index (χ1n) is 11.8. The topological polar surface area (TPSA) is 85.9 Å². The van der Waals surface area contributed by atoms with Crippen LogP contribution in [0.1, 0.15) is 79.1 Å². The average Bonchev–Trinajstić information content (AvgIpc) is 2.71. The van der Waals surface area contributed by atoms with Crippen LogP contribution in [0.2, 0.25) is 0 Å². The molecule has 1 atom stereocenters. The van der Waals surface area contributed by atoms with Crippen LogP contribution in [0.4, 0.5) is 0 Å². The lowest BCUT2D eigenvalue weighted by Gasteiger charge is -2.11. The predicted octanol–water partition coefficient (Wildman–Crippen LogP) is 3.45. The molecule has 1 unspecified atom stereocenters. The molecule has 30 heavy (non-hydrogen) atoms. The van der Waals surface area contributed by atoms with E-state index in [2.05, 4.69) is 17.6 Å². The molecule has 0 bridgehead atoms. The summed E-state index contributed by atoms with van der Waals surface area (Å²) < 4.78 is 16.6. The van der Waals surface area contributed by atoms with Crippen molar-refractivity contribution in [2.24, 2.45) is 5.92 Å². The Kier molecular flexibility index (Phi) is 20.2. The normalized spacial score (nSPS) is 12.2. The first kappa shape index (κ1) is 28.8. The Bertz CT molecular complexity index is 418. The first-order valence-corrected chi connectivity index (χ1v) is 11.8. The highest BCUT2D eigenvalue weighted by Gasteiger charge is 2.05. The second-order valence-electron chi connectivity index (χ2n) is 8.05. The van der Waals surface area contributed by atoms with Gasteiger partial charge in [0.05, 0.1) is 19.3 Å². The molecule has 7 heteroatoms. The Morgan fingerprint density at radius 2 is 1.33 bits per heavy atom. The molecule has 7 nitrogen and oxygen atoms in total. The van der Waals surface area contributed by atoms with Gasteiger partial charge in [0, 0.05) is 32.2 Å². The van der Waals surface area contributed by atoms with Crippen molar-refractivity contribution in [3.63, 3.8) is 0 Å². The van der Waals surface area contributed by atoms with Crippen LogP contribution < -0.4 is 10.6 Å². The number of unbranched alkanes of at least 4 members (excludes halogenated alkanes) is 4. The third-order valence-corrected chi connectivity index (χ3v) is 4.64. The van der Waals surface area contributed by atoms with E-state index in [1.54, 1.807) is 0 Å². The van der Waals surface area contributed by atoms with E-state index in [-0.39, 0.29) is 30.4 Å². The highest BCUT2D eigenvalue weighted by Crippen LogP contribution is 2.00. The van der Waals surface area contributed by atoms with E-state index in [1.165, 1.54) is 0 Å². The quantitative estimate of drug-likeness (QED) is 0.272. The van der Waals surface area contributed by atoms with Crippen molar-refractivity contribution in [3.05, 3.63) is 0 Å². The van der Waals surface area contributed by atoms with Crippen LogP contribution >= 0.6 is 0 Å².